The molecule has 1 aromatic carbocycles. The second kappa shape index (κ2) is 4.96. The second-order valence-corrected chi connectivity index (χ2v) is 19.8. The minimum absolute atomic E-state index is 0.714. The molecule has 0 aliphatic carbocycles. The first-order valence-electron chi connectivity index (χ1n) is 5.98. The van der Waals surface area contributed by atoms with Crippen LogP contribution >= 0.6 is 0 Å². The molecule has 0 amide bonds. The molecule has 2 aromatic rings. The Morgan fingerprint density at radius 3 is 2.33 bits per heavy atom. The number of nitrogens with zero attached hydrogens (tertiary/aromatic N) is 1. The molecule has 0 radical (unpaired) electrons. The third-order valence-corrected chi connectivity index (χ3v) is 8.78. The van der Waals surface area contributed by atoms with Crippen LogP contribution < -0.4 is 13.1 Å². The van der Waals surface area contributed by atoms with E-state index in [1.165, 1.54) is 3.58 Å². The average Bonchev–Trinajstić information content (AvgIpc) is 2.35. The van der Waals surface area contributed by atoms with Gasteiger partial charge in [0.1, 0.15) is 0 Å². The third-order valence-electron chi connectivity index (χ3n) is 3.06. The van der Waals surface area contributed by atoms with Crippen molar-refractivity contribution in [2.45, 2.75) is 14.8 Å². The topological polar surface area (TPSA) is 31.4 Å². The molecule has 0 saturated carbocycles. The van der Waals surface area contributed by atoms with Gasteiger partial charge in [0.25, 0.3) is 0 Å². The van der Waals surface area contributed by atoms with Crippen LogP contribution in [0.25, 0.3) is 10.9 Å². The molecule has 3 nitrogen and oxygen atoms in total. The molecule has 96 valence electrons. The summed E-state index contributed by atoms with van der Waals surface area (Å²) in [6, 6.07) is 6.23. The van der Waals surface area contributed by atoms with Gasteiger partial charge in [-0.05, 0) is 0 Å². The predicted octanol–water partition coefficient (Wildman–Crippen LogP) is 2.80. The normalized spacial score (nSPS) is 11.6. The van der Waals surface area contributed by atoms with E-state index in [2.05, 4.69) is 25.9 Å². The van der Waals surface area contributed by atoms with Crippen molar-refractivity contribution in [3.05, 3.63) is 24.4 Å². The maximum atomic E-state index is 5.40. The number of pyridine rings is 1. The van der Waals surface area contributed by atoms with E-state index in [1.54, 1.807) is 14.2 Å². The van der Waals surface area contributed by atoms with E-state index in [-0.39, 0.29) is 0 Å². The number of benzene rings is 1. The van der Waals surface area contributed by atoms with E-state index in [0.717, 1.165) is 16.7 Å². The Bertz CT molecular complexity index is 576. The molecule has 0 bridgehead atoms. The SMILES string of the molecule is COc1ccc2c[c]([Sn]([CH3])([CH3])[CH3])cnc2c1OC. The molecule has 1 heterocycles. The van der Waals surface area contributed by atoms with Crippen molar-refractivity contribution in [3.8, 4) is 11.5 Å². The molecule has 0 aliphatic rings. The van der Waals surface area contributed by atoms with E-state index in [1.807, 2.05) is 18.3 Å². The van der Waals surface area contributed by atoms with Crippen molar-refractivity contribution in [2.75, 3.05) is 14.2 Å². The molecule has 0 N–H and O–H groups in total. The van der Waals surface area contributed by atoms with Gasteiger partial charge in [-0.15, -0.1) is 0 Å². The second-order valence-electron chi connectivity index (χ2n) is 5.35. The zero-order chi connectivity index (χ0) is 13.3. The summed E-state index contributed by atoms with van der Waals surface area (Å²) in [5.41, 5.74) is 0.871. The maximum absolute atomic E-state index is 5.40. The summed E-state index contributed by atoms with van der Waals surface area (Å²) in [6.45, 7) is 0. The first kappa shape index (κ1) is 13.5. The fraction of sp³-hybridized carbons (Fsp3) is 0.357. The summed E-state index contributed by atoms with van der Waals surface area (Å²) in [5.74, 6) is 1.44. The molecule has 0 spiro atoms. The third kappa shape index (κ3) is 2.41. The first-order chi connectivity index (χ1) is 8.47. The fourth-order valence-corrected chi connectivity index (χ4v) is 4.89. The Morgan fingerprint density at radius 2 is 1.78 bits per heavy atom. The summed E-state index contributed by atoms with van der Waals surface area (Å²) < 4.78 is 12.1. The molecule has 0 saturated heterocycles. The van der Waals surface area contributed by atoms with Crippen LogP contribution in [-0.4, -0.2) is 37.6 Å². The summed E-state index contributed by atoms with van der Waals surface area (Å²) in [5, 5.41) is 1.12. The van der Waals surface area contributed by atoms with Crippen molar-refractivity contribution >= 4 is 32.9 Å². The van der Waals surface area contributed by atoms with Gasteiger partial charge in [-0.25, -0.2) is 0 Å². The average molecular weight is 352 g/mol. The molecule has 18 heavy (non-hydrogen) atoms. The number of ether oxygens (including phenoxy) is 2. The van der Waals surface area contributed by atoms with Gasteiger partial charge in [0.15, 0.2) is 0 Å². The Labute approximate surface area is 112 Å². The molecular formula is C14H19NO2Sn. The molecule has 0 atom stereocenters. The molecular weight excluding hydrogens is 333 g/mol. The van der Waals surface area contributed by atoms with E-state index in [0.29, 0.717) is 5.75 Å². The number of hydrogen-bond donors (Lipinski definition) is 0. The van der Waals surface area contributed by atoms with Crippen LogP contribution in [0, 0.1) is 0 Å². The van der Waals surface area contributed by atoms with E-state index < -0.39 is 18.4 Å². The van der Waals surface area contributed by atoms with Gasteiger partial charge in [-0.3, -0.25) is 0 Å². The summed E-state index contributed by atoms with van der Waals surface area (Å²) in [4.78, 5) is 11.7. The van der Waals surface area contributed by atoms with Crippen LogP contribution in [0.5, 0.6) is 11.5 Å². The molecule has 2 rings (SSSR count). The van der Waals surface area contributed by atoms with Gasteiger partial charge < -0.3 is 0 Å². The molecule has 0 unspecified atom stereocenters. The molecule has 1 aromatic heterocycles. The zero-order valence-corrected chi connectivity index (χ0v) is 14.4. The molecule has 0 fully saturated rings. The van der Waals surface area contributed by atoms with Gasteiger partial charge in [-0.1, -0.05) is 0 Å². The Morgan fingerprint density at radius 1 is 1.06 bits per heavy atom. The van der Waals surface area contributed by atoms with Crippen LogP contribution in [0.4, 0.5) is 0 Å². The summed E-state index contributed by atoms with van der Waals surface area (Å²) in [7, 11) is 3.29. The van der Waals surface area contributed by atoms with Crippen LogP contribution in [0.3, 0.4) is 0 Å². The van der Waals surface area contributed by atoms with E-state index in [4.69, 9.17) is 9.47 Å². The summed E-state index contributed by atoms with van der Waals surface area (Å²) >= 11 is -2.06. The molecule has 4 heteroatoms. The number of aromatic nitrogens is 1. The molecule has 0 aliphatic heterocycles. The van der Waals surface area contributed by atoms with Crippen molar-refractivity contribution in [1.29, 1.82) is 0 Å². The number of rotatable bonds is 3. The van der Waals surface area contributed by atoms with E-state index in [9.17, 15) is 0 Å². The van der Waals surface area contributed by atoms with Gasteiger partial charge in [0.2, 0.25) is 0 Å². The van der Waals surface area contributed by atoms with Gasteiger partial charge in [-0.2, -0.15) is 0 Å². The minimum atomic E-state index is -2.06. The van der Waals surface area contributed by atoms with Crippen molar-refractivity contribution < 1.29 is 9.47 Å². The number of fused-ring (bicyclic) bond motifs is 1. The van der Waals surface area contributed by atoms with Crippen molar-refractivity contribution in [2.24, 2.45) is 0 Å². The zero-order valence-electron chi connectivity index (χ0n) is 11.6. The Balaban J connectivity index is 2.67. The van der Waals surface area contributed by atoms with Crippen LogP contribution in [0.15, 0.2) is 24.4 Å². The van der Waals surface area contributed by atoms with Gasteiger partial charge in [0, 0.05) is 0 Å². The Hall–Kier alpha value is -0.971. The van der Waals surface area contributed by atoms with Crippen molar-refractivity contribution in [1.82, 2.24) is 4.98 Å². The van der Waals surface area contributed by atoms with Crippen LogP contribution in [0.2, 0.25) is 14.8 Å². The van der Waals surface area contributed by atoms with Crippen LogP contribution in [0.1, 0.15) is 0 Å². The predicted molar refractivity (Wildman–Crippen MR) is 77.8 cm³/mol. The standard InChI is InChI=1S/C11H10NO2.3CH3.Sn/c1-13-9-6-5-8-4-3-7-12-10(8)11(9)14-2;;;;/h4-7H,1-2H3;3*1H3;. The van der Waals surface area contributed by atoms with Crippen molar-refractivity contribution in [3.63, 3.8) is 0 Å². The Kier molecular flexibility index (Phi) is 3.71. The number of methoxy groups -OCH3 is 2. The summed E-state index contributed by atoms with van der Waals surface area (Å²) in [6.07, 6.45) is 2.00. The quantitative estimate of drug-likeness (QED) is 0.797. The number of hydrogen-bond acceptors (Lipinski definition) is 3. The van der Waals surface area contributed by atoms with E-state index >= 15 is 0 Å². The van der Waals surface area contributed by atoms with Gasteiger partial charge in [0.05, 0.1) is 0 Å². The van der Waals surface area contributed by atoms with Crippen LogP contribution in [-0.2, 0) is 0 Å². The van der Waals surface area contributed by atoms with Gasteiger partial charge >= 0.3 is 112 Å². The fourth-order valence-electron chi connectivity index (χ4n) is 1.92. The monoisotopic (exact) mass is 353 g/mol. The first-order valence-corrected chi connectivity index (χ1v) is 16.0.